The highest BCUT2D eigenvalue weighted by Crippen LogP contribution is 2.41. The Morgan fingerprint density at radius 1 is 0.478 bits per heavy atom. The predicted molar refractivity (Wildman–Crippen MR) is 190 cm³/mol. The predicted octanol–water partition coefficient (Wildman–Crippen LogP) is 10.7. The third kappa shape index (κ3) is 4.39. The summed E-state index contributed by atoms with van der Waals surface area (Å²) in [6, 6.07) is 55.0. The van der Waals surface area contributed by atoms with Gasteiger partial charge in [-0.3, -0.25) is 0 Å². The van der Waals surface area contributed by atoms with Crippen molar-refractivity contribution in [1.29, 1.82) is 0 Å². The van der Waals surface area contributed by atoms with Gasteiger partial charge in [0.15, 0.2) is 5.82 Å². The van der Waals surface area contributed by atoms with Crippen molar-refractivity contribution < 1.29 is 0 Å². The lowest BCUT2D eigenvalue weighted by Crippen LogP contribution is -1.97. The van der Waals surface area contributed by atoms with Crippen LogP contribution in [-0.2, 0) is 0 Å². The molecule has 0 bridgehead atoms. The number of H-pyrrole nitrogens is 1. The highest BCUT2D eigenvalue weighted by atomic mass is 15.0. The molecule has 0 aliphatic heterocycles. The van der Waals surface area contributed by atoms with E-state index in [-0.39, 0.29) is 0 Å². The molecule has 1 N–H and O–H groups in total. The molecule has 0 atom stereocenters. The molecule has 0 aliphatic carbocycles. The summed E-state index contributed by atoms with van der Waals surface area (Å²) in [5, 5.41) is 3.62. The van der Waals surface area contributed by atoms with Crippen molar-refractivity contribution >= 4 is 32.7 Å². The number of hydrogen-bond acceptors (Lipinski definition) is 2. The van der Waals surface area contributed by atoms with Gasteiger partial charge in [0.1, 0.15) is 0 Å². The molecule has 3 aromatic heterocycles. The molecule has 0 saturated heterocycles. The van der Waals surface area contributed by atoms with Crippen LogP contribution in [0.5, 0.6) is 0 Å². The van der Waals surface area contributed by atoms with Gasteiger partial charge in [-0.15, -0.1) is 0 Å². The summed E-state index contributed by atoms with van der Waals surface area (Å²) in [6.45, 7) is 0. The van der Waals surface area contributed by atoms with E-state index in [1.807, 2.05) is 36.4 Å². The first-order chi connectivity index (χ1) is 22.8. The Kier molecular flexibility index (Phi) is 6.10. The largest absolute Gasteiger partial charge is 0.354 e. The molecule has 0 radical (unpaired) electrons. The third-order valence-electron chi connectivity index (χ3n) is 8.76. The minimum Gasteiger partial charge on any atom is -0.354 e. The van der Waals surface area contributed by atoms with E-state index in [1.165, 1.54) is 16.2 Å². The van der Waals surface area contributed by atoms with E-state index in [0.29, 0.717) is 5.82 Å². The van der Waals surface area contributed by atoms with E-state index >= 15 is 0 Å². The first-order valence-corrected chi connectivity index (χ1v) is 15.5. The van der Waals surface area contributed by atoms with Gasteiger partial charge in [-0.1, -0.05) is 115 Å². The molecular formula is C42H28N4. The Hall–Kier alpha value is -6.26. The van der Waals surface area contributed by atoms with Crippen molar-refractivity contribution in [2.24, 2.45) is 0 Å². The number of nitrogens with zero attached hydrogens (tertiary/aromatic N) is 3. The van der Waals surface area contributed by atoms with Crippen LogP contribution in [0.15, 0.2) is 164 Å². The van der Waals surface area contributed by atoms with Crippen molar-refractivity contribution in [2.45, 2.75) is 0 Å². The van der Waals surface area contributed by atoms with Gasteiger partial charge in [-0.2, -0.15) is 0 Å². The number of aromatic amines is 1. The molecule has 0 unspecified atom stereocenters. The second-order valence-corrected chi connectivity index (χ2v) is 11.6. The van der Waals surface area contributed by atoms with E-state index < -0.39 is 0 Å². The van der Waals surface area contributed by atoms with Gasteiger partial charge in [0.05, 0.1) is 22.4 Å². The minimum absolute atomic E-state index is 0.695. The average Bonchev–Trinajstić information content (AvgIpc) is 3.73. The topological polar surface area (TPSA) is 46.5 Å². The van der Waals surface area contributed by atoms with Crippen LogP contribution in [0.2, 0.25) is 0 Å². The van der Waals surface area contributed by atoms with E-state index in [1.54, 1.807) is 0 Å². The van der Waals surface area contributed by atoms with Gasteiger partial charge in [-0.05, 0) is 48.0 Å². The molecule has 0 saturated carbocycles. The Balaban J connectivity index is 1.31. The molecule has 0 aliphatic rings. The fourth-order valence-corrected chi connectivity index (χ4v) is 6.60. The standard InChI is InChI=1S/C42H28N4/c1-4-13-28(14-5-1)37-27-38(29-15-6-2-7-16-29)45-42(44-37)32-18-12-17-30(25-32)39-40-35(34-21-10-11-22-36(34)43-40)26-31-23-24-46(41(31)39)33-19-8-3-9-20-33/h1-27,43H. The van der Waals surface area contributed by atoms with Crippen LogP contribution < -0.4 is 0 Å². The zero-order chi connectivity index (χ0) is 30.5. The van der Waals surface area contributed by atoms with Crippen molar-refractivity contribution in [3.63, 3.8) is 0 Å². The fraction of sp³-hybridized carbons (Fsp3) is 0. The average molecular weight is 589 g/mol. The number of aromatic nitrogens is 4. The molecule has 216 valence electrons. The summed E-state index contributed by atoms with van der Waals surface area (Å²) in [5.41, 5.74) is 11.7. The van der Waals surface area contributed by atoms with Crippen LogP contribution in [0.1, 0.15) is 0 Å². The van der Waals surface area contributed by atoms with Gasteiger partial charge in [-0.25, -0.2) is 9.97 Å². The number of nitrogens with one attached hydrogen (secondary N) is 1. The normalized spacial score (nSPS) is 11.5. The number of hydrogen-bond donors (Lipinski definition) is 1. The van der Waals surface area contributed by atoms with Gasteiger partial charge >= 0.3 is 0 Å². The molecule has 0 amide bonds. The maximum atomic E-state index is 5.12. The van der Waals surface area contributed by atoms with Crippen molar-refractivity contribution in [2.75, 3.05) is 0 Å². The van der Waals surface area contributed by atoms with E-state index in [9.17, 15) is 0 Å². The smallest absolute Gasteiger partial charge is 0.160 e. The number of benzene rings is 6. The van der Waals surface area contributed by atoms with Crippen LogP contribution in [0, 0.1) is 0 Å². The van der Waals surface area contributed by atoms with Crippen molar-refractivity contribution in [1.82, 2.24) is 19.5 Å². The minimum atomic E-state index is 0.695. The van der Waals surface area contributed by atoms with Crippen LogP contribution in [0.25, 0.3) is 83.4 Å². The first kappa shape index (κ1) is 26.2. The summed E-state index contributed by atoms with van der Waals surface area (Å²) in [4.78, 5) is 14.0. The van der Waals surface area contributed by atoms with Gasteiger partial charge in [0.25, 0.3) is 0 Å². The summed E-state index contributed by atoms with van der Waals surface area (Å²) in [7, 11) is 0. The van der Waals surface area contributed by atoms with E-state index in [4.69, 9.17) is 9.97 Å². The van der Waals surface area contributed by atoms with Gasteiger partial charge < -0.3 is 9.55 Å². The van der Waals surface area contributed by atoms with Crippen LogP contribution in [0.3, 0.4) is 0 Å². The summed E-state index contributed by atoms with van der Waals surface area (Å²) < 4.78 is 2.29. The van der Waals surface area contributed by atoms with Crippen molar-refractivity contribution in [3.05, 3.63) is 164 Å². The Labute approximate surface area is 266 Å². The van der Waals surface area contributed by atoms with Crippen LogP contribution in [0.4, 0.5) is 0 Å². The lowest BCUT2D eigenvalue weighted by atomic mass is 9.97. The molecule has 4 nitrogen and oxygen atoms in total. The highest BCUT2D eigenvalue weighted by molar-refractivity contribution is 6.19. The van der Waals surface area contributed by atoms with E-state index in [0.717, 1.165) is 61.4 Å². The Morgan fingerprint density at radius 3 is 1.80 bits per heavy atom. The zero-order valence-electron chi connectivity index (χ0n) is 24.9. The molecule has 3 heterocycles. The quantitative estimate of drug-likeness (QED) is 0.217. The number of fused-ring (bicyclic) bond motifs is 4. The van der Waals surface area contributed by atoms with Gasteiger partial charge in [0, 0.05) is 55.8 Å². The molecular weight excluding hydrogens is 560 g/mol. The molecule has 9 aromatic rings. The monoisotopic (exact) mass is 588 g/mol. The van der Waals surface area contributed by atoms with Crippen LogP contribution >= 0.6 is 0 Å². The second kappa shape index (κ2) is 10.7. The highest BCUT2D eigenvalue weighted by Gasteiger charge is 2.19. The summed E-state index contributed by atoms with van der Waals surface area (Å²) in [6.07, 6.45) is 2.17. The number of para-hydroxylation sites is 2. The molecule has 0 spiro atoms. The fourth-order valence-electron chi connectivity index (χ4n) is 6.60. The molecule has 4 heteroatoms. The molecule has 6 aromatic carbocycles. The van der Waals surface area contributed by atoms with Gasteiger partial charge in [0.2, 0.25) is 0 Å². The Bertz CT molecular complexity index is 2450. The molecule has 0 fully saturated rings. The zero-order valence-corrected chi connectivity index (χ0v) is 24.9. The SMILES string of the molecule is c1ccc(-c2cc(-c3ccccc3)nc(-c3cccc(-c4c5[nH]c6ccccc6c5cc5ccn(-c6ccccc6)c45)c3)n2)cc1. The lowest BCUT2D eigenvalue weighted by Gasteiger charge is -2.14. The number of rotatable bonds is 5. The Morgan fingerprint density at radius 2 is 1.09 bits per heavy atom. The molecule has 46 heavy (non-hydrogen) atoms. The first-order valence-electron chi connectivity index (χ1n) is 15.5. The van der Waals surface area contributed by atoms with Crippen LogP contribution in [-0.4, -0.2) is 19.5 Å². The lowest BCUT2D eigenvalue weighted by molar-refractivity contribution is 1.13. The van der Waals surface area contributed by atoms with E-state index in [2.05, 4.69) is 137 Å². The molecule has 9 rings (SSSR count). The summed E-state index contributed by atoms with van der Waals surface area (Å²) in [5.74, 6) is 0.695. The summed E-state index contributed by atoms with van der Waals surface area (Å²) >= 11 is 0. The second-order valence-electron chi connectivity index (χ2n) is 11.6. The third-order valence-corrected chi connectivity index (χ3v) is 8.76. The maximum absolute atomic E-state index is 5.12. The van der Waals surface area contributed by atoms with Crippen molar-refractivity contribution in [3.8, 4) is 50.7 Å². The maximum Gasteiger partial charge on any atom is 0.160 e.